The highest BCUT2D eigenvalue weighted by Gasteiger charge is 2.35. The van der Waals surface area contributed by atoms with E-state index in [-0.39, 0.29) is 36.0 Å². The minimum Gasteiger partial charge on any atom is -0.373 e. The molecule has 0 aliphatic carbocycles. The number of amides is 2. The summed E-state index contributed by atoms with van der Waals surface area (Å²) in [4.78, 5) is 43.4. The minimum absolute atomic E-state index is 0.0193. The zero-order chi connectivity index (χ0) is 24.7. The van der Waals surface area contributed by atoms with Gasteiger partial charge in [-0.05, 0) is 44.0 Å². The van der Waals surface area contributed by atoms with Crippen molar-refractivity contribution in [3.05, 3.63) is 29.8 Å². The average Bonchev–Trinajstić information content (AvgIpc) is 2.81. The minimum atomic E-state index is -0.710. The average molecular weight is 473 g/mol. The second-order valence-electron chi connectivity index (χ2n) is 10.0. The molecule has 2 saturated heterocycles. The maximum atomic E-state index is 13.2. The van der Waals surface area contributed by atoms with Crippen LogP contribution in [0.5, 0.6) is 0 Å². The van der Waals surface area contributed by atoms with E-state index < -0.39 is 12.1 Å². The lowest BCUT2D eigenvalue weighted by atomic mass is 9.90. The van der Waals surface area contributed by atoms with E-state index in [0.29, 0.717) is 18.6 Å². The molecule has 34 heavy (non-hydrogen) atoms. The molecule has 1 aromatic rings. The van der Waals surface area contributed by atoms with Crippen molar-refractivity contribution in [2.75, 3.05) is 51.3 Å². The molecule has 0 bridgehead atoms. The van der Waals surface area contributed by atoms with Crippen LogP contribution in [0.25, 0.3) is 0 Å². The van der Waals surface area contributed by atoms with Crippen LogP contribution in [0.15, 0.2) is 24.3 Å². The quantitative estimate of drug-likeness (QED) is 0.572. The monoisotopic (exact) mass is 472 g/mol. The SMILES string of the molecule is CCCC1COCC(=O)[C@H]1NC(=O)C(CC(C)C)NC(=O)c1cccc(N2CCN(C)CC2)c1. The molecule has 2 aliphatic rings. The molecule has 2 N–H and O–H groups in total. The van der Waals surface area contributed by atoms with Crippen molar-refractivity contribution in [2.45, 2.75) is 52.1 Å². The molecular weight excluding hydrogens is 432 g/mol. The second-order valence-corrected chi connectivity index (χ2v) is 10.0. The van der Waals surface area contributed by atoms with E-state index >= 15 is 0 Å². The van der Waals surface area contributed by atoms with Crippen molar-refractivity contribution in [3.8, 4) is 0 Å². The molecule has 2 amide bonds. The Morgan fingerprint density at radius 2 is 1.91 bits per heavy atom. The van der Waals surface area contributed by atoms with Crippen molar-refractivity contribution < 1.29 is 19.1 Å². The maximum absolute atomic E-state index is 13.2. The van der Waals surface area contributed by atoms with Gasteiger partial charge in [-0.3, -0.25) is 14.4 Å². The summed E-state index contributed by atoms with van der Waals surface area (Å²) in [7, 11) is 2.11. The van der Waals surface area contributed by atoms with Gasteiger partial charge in [0.15, 0.2) is 5.78 Å². The predicted molar refractivity (Wildman–Crippen MR) is 133 cm³/mol. The number of piperazine rings is 1. The second kappa shape index (κ2) is 12.3. The number of nitrogens with zero attached hydrogens (tertiary/aromatic N) is 2. The summed E-state index contributed by atoms with van der Waals surface area (Å²) in [5.74, 6) is -0.526. The number of anilines is 1. The van der Waals surface area contributed by atoms with E-state index in [1.807, 2.05) is 32.0 Å². The van der Waals surface area contributed by atoms with Crippen LogP contribution in [-0.2, 0) is 14.3 Å². The van der Waals surface area contributed by atoms with E-state index in [1.165, 1.54) is 0 Å². The van der Waals surface area contributed by atoms with Crippen LogP contribution in [0.1, 0.15) is 50.4 Å². The highest BCUT2D eigenvalue weighted by molar-refractivity contribution is 5.99. The standard InChI is InChI=1S/C26H40N4O4/c1-5-7-20-16-34-17-23(31)24(20)28-26(33)22(14-18(2)3)27-25(32)19-8-6-9-21(15-19)30-12-10-29(4)11-13-30/h6,8-9,15,18,20,22,24H,5,7,10-14,16-17H2,1-4H3,(H,27,32)(H,28,33)/t20?,22?,24-/m0/s1. The van der Waals surface area contributed by atoms with Crippen LogP contribution < -0.4 is 15.5 Å². The molecule has 0 radical (unpaired) electrons. The third-order valence-corrected chi connectivity index (χ3v) is 6.66. The molecule has 2 unspecified atom stereocenters. The van der Waals surface area contributed by atoms with E-state index in [4.69, 9.17) is 4.74 Å². The summed E-state index contributed by atoms with van der Waals surface area (Å²) < 4.78 is 5.40. The van der Waals surface area contributed by atoms with Gasteiger partial charge in [-0.2, -0.15) is 0 Å². The first-order valence-electron chi connectivity index (χ1n) is 12.5. The predicted octanol–water partition coefficient (Wildman–Crippen LogP) is 2.08. The van der Waals surface area contributed by atoms with Crippen LogP contribution in [0.4, 0.5) is 5.69 Å². The lowest BCUT2D eigenvalue weighted by Gasteiger charge is -2.34. The summed E-state index contributed by atoms with van der Waals surface area (Å²) in [6, 6.07) is 6.30. The third kappa shape index (κ3) is 7.03. The number of hydrogen-bond donors (Lipinski definition) is 2. The first-order valence-corrected chi connectivity index (χ1v) is 12.5. The van der Waals surface area contributed by atoms with Crippen molar-refractivity contribution in [1.29, 1.82) is 0 Å². The third-order valence-electron chi connectivity index (χ3n) is 6.66. The van der Waals surface area contributed by atoms with Crippen molar-refractivity contribution in [3.63, 3.8) is 0 Å². The number of Topliss-reactive ketones (excluding diaryl/α,β-unsaturated/α-hetero) is 1. The Morgan fingerprint density at radius 3 is 2.59 bits per heavy atom. The van der Waals surface area contributed by atoms with Gasteiger partial charge in [0.2, 0.25) is 5.91 Å². The maximum Gasteiger partial charge on any atom is 0.252 e. The van der Waals surface area contributed by atoms with Crippen LogP contribution in [-0.4, -0.2) is 81.0 Å². The first kappa shape index (κ1) is 26.2. The van der Waals surface area contributed by atoms with Crippen molar-refractivity contribution in [1.82, 2.24) is 15.5 Å². The van der Waals surface area contributed by atoms with Crippen molar-refractivity contribution in [2.24, 2.45) is 11.8 Å². The van der Waals surface area contributed by atoms with Gasteiger partial charge in [0, 0.05) is 43.3 Å². The molecule has 3 rings (SSSR count). The lowest BCUT2D eigenvalue weighted by molar-refractivity contribution is -0.138. The van der Waals surface area contributed by atoms with E-state index in [2.05, 4.69) is 34.4 Å². The lowest BCUT2D eigenvalue weighted by Crippen LogP contribution is -2.57. The van der Waals surface area contributed by atoms with Gasteiger partial charge in [-0.15, -0.1) is 0 Å². The van der Waals surface area contributed by atoms with Crippen LogP contribution >= 0.6 is 0 Å². The molecule has 2 heterocycles. The number of rotatable bonds is 9. The summed E-state index contributed by atoms with van der Waals surface area (Å²) >= 11 is 0. The number of likely N-dealkylation sites (N-methyl/N-ethyl adjacent to an activating group) is 1. The Balaban J connectivity index is 1.69. The number of hydrogen-bond acceptors (Lipinski definition) is 6. The Kier molecular flexibility index (Phi) is 9.47. The smallest absolute Gasteiger partial charge is 0.252 e. The van der Waals surface area contributed by atoms with E-state index in [1.54, 1.807) is 6.07 Å². The topological polar surface area (TPSA) is 91.0 Å². The Hall–Kier alpha value is -2.45. The van der Waals surface area contributed by atoms with Gasteiger partial charge < -0.3 is 25.2 Å². The molecular formula is C26H40N4O4. The van der Waals surface area contributed by atoms with Gasteiger partial charge in [-0.1, -0.05) is 33.3 Å². The number of ether oxygens (including phenoxy) is 1. The fraction of sp³-hybridized carbons (Fsp3) is 0.654. The summed E-state index contributed by atoms with van der Waals surface area (Å²) in [6.07, 6.45) is 2.20. The number of carbonyl (C=O) groups excluding carboxylic acids is 3. The fourth-order valence-corrected chi connectivity index (χ4v) is 4.69. The normalized spacial score (nSPS) is 22.5. The van der Waals surface area contributed by atoms with Gasteiger partial charge in [0.05, 0.1) is 12.6 Å². The Labute approximate surface area is 203 Å². The first-order chi connectivity index (χ1) is 16.3. The number of ketones is 1. The summed E-state index contributed by atoms with van der Waals surface area (Å²) in [6.45, 7) is 10.4. The molecule has 2 fully saturated rings. The Morgan fingerprint density at radius 1 is 1.18 bits per heavy atom. The summed E-state index contributed by atoms with van der Waals surface area (Å²) in [5.41, 5.74) is 1.55. The van der Waals surface area contributed by atoms with Gasteiger partial charge in [0.1, 0.15) is 12.6 Å². The fourth-order valence-electron chi connectivity index (χ4n) is 4.69. The molecule has 1 aromatic carbocycles. The van der Waals surface area contributed by atoms with Crippen LogP contribution in [0, 0.1) is 11.8 Å². The largest absolute Gasteiger partial charge is 0.373 e. The molecule has 3 atom stereocenters. The molecule has 8 nitrogen and oxygen atoms in total. The molecule has 188 valence electrons. The molecule has 0 aromatic heterocycles. The highest BCUT2D eigenvalue weighted by atomic mass is 16.5. The molecule has 8 heteroatoms. The number of nitrogens with one attached hydrogen (secondary N) is 2. The van der Waals surface area contributed by atoms with E-state index in [9.17, 15) is 14.4 Å². The highest BCUT2D eigenvalue weighted by Crippen LogP contribution is 2.20. The van der Waals surface area contributed by atoms with Gasteiger partial charge in [0.25, 0.3) is 5.91 Å². The van der Waals surface area contributed by atoms with Gasteiger partial charge in [-0.25, -0.2) is 0 Å². The van der Waals surface area contributed by atoms with Crippen LogP contribution in [0.3, 0.4) is 0 Å². The number of benzene rings is 1. The molecule has 2 aliphatic heterocycles. The summed E-state index contributed by atoms with van der Waals surface area (Å²) in [5, 5.41) is 5.87. The van der Waals surface area contributed by atoms with Crippen LogP contribution in [0.2, 0.25) is 0 Å². The molecule has 0 saturated carbocycles. The molecule has 0 spiro atoms. The van der Waals surface area contributed by atoms with E-state index in [0.717, 1.165) is 44.7 Å². The van der Waals surface area contributed by atoms with Crippen molar-refractivity contribution >= 4 is 23.3 Å². The zero-order valence-corrected chi connectivity index (χ0v) is 21.0. The Bertz CT molecular complexity index is 849. The zero-order valence-electron chi connectivity index (χ0n) is 21.0. The number of carbonyl (C=O) groups is 3. The van der Waals surface area contributed by atoms with Gasteiger partial charge >= 0.3 is 0 Å².